The third kappa shape index (κ3) is 5.18. The molecule has 0 radical (unpaired) electrons. The van der Waals surface area contributed by atoms with Crippen LogP contribution < -0.4 is 4.90 Å². The minimum Gasteiger partial charge on any atom is -0.452 e. The molecule has 0 saturated heterocycles. The van der Waals surface area contributed by atoms with Gasteiger partial charge >= 0.3 is 5.97 Å². The highest BCUT2D eigenvalue weighted by atomic mass is 16.5. The molecule has 0 unspecified atom stereocenters. The van der Waals surface area contributed by atoms with Crippen LogP contribution in [0.15, 0.2) is 48.5 Å². The smallest absolute Gasteiger partial charge is 0.338 e. The molecular weight excluding hydrogens is 316 g/mol. The molecule has 0 saturated carbocycles. The summed E-state index contributed by atoms with van der Waals surface area (Å²) in [6, 6.07) is 16.3. The van der Waals surface area contributed by atoms with Crippen LogP contribution >= 0.6 is 0 Å². The Morgan fingerprint density at radius 2 is 1.72 bits per heavy atom. The summed E-state index contributed by atoms with van der Waals surface area (Å²) < 4.78 is 5.12. The minimum atomic E-state index is -0.547. The Balaban J connectivity index is 2.10. The van der Waals surface area contributed by atoms with Crippen molar-refractivity contribution in [3.05, 3.63) is 65.2 Å². The monoisotopic (exact) mass is 336 g/mol. The number of carbonyl (C=O) groups is 2. The molecule has 128 valence electrons. The topological polar surface area (TPSA) is 70.4 Å². The number of hydrogen-bond acceptors (Lipinski definition) is 4. The van der Waals surface area contributed by atoms with E-state index in [1.807, 2.05) is 38.1 Å². The van der Waals surface area contributed by atoms with Crippen molar-refractivity contribution in [2.45, 2.75) is 20.3 Å². The first-order chi connectivity index (χ1) is 12.0. The van der Waals surface area contributed by atoms with E-state index in [0.29, 0.717) is 11.3 Å². The molecule has 0 aromatic heterocycles. The lowest BCUT2D eigenvalue weighted by atomic mass is 10.1. The van der Waals surface area contributed by atoms with Gasteiger partial charge in [-0.2, -0.15) is 5.26 Å². The fourth-order valence-corrected chi connectivity index (χ4v) is 2.53. The summed E-state index contributed by atoms with van der Waals surface area (Å²) in [6.45, 7) is 3.77. The molecule has 25 heavy (non-hydrogen) atoms. The fraction of sp³-hybridized carbons (Fsp3) is 0.250. The Bertz CT molecular complexity index is 774. The standard InChI is InChI=1S/C20H20N2O3/c1-15-11-16(2)13-18(12-15)22(10-6-9-21)19(23)14-25-20(24)17-7-4-3-5-8-17/h3-5,7-8,11-13H,6,10,14H2,1-2H3. The molecule has 0 N–H and O–H groups in total. The molecule has 0 atom stereocenters. The second-order valence-corrected chi connectivity index (χ2v) is 5.74. The highest BCUT2D eigenvalue weighted by Gasteiger charge is 2.18. The molecule has 2 aromatic rings. The van der Waals surface area contributed by atoms with Gasteiger partial charge in [0, 0.05) is 12.2 Å². The molecule has 0 aliphatic carbocycles. The zero-order chi connectivity index (χ0) is 18.2. The maximum Gasteiger partial charge on any atom is 0.338 e. The molecule has 0 aliphatic heterocycles. The van der Waals surface area contributed by atoms with Gasteiger partial charge in [-0.05, 0) is 49.2 Å². The normalized spacial score (nSPS) is 9.96. The van der Waals surface area contributed by atoms with Crippen molar-refractivity contribution < 1.29 is 14.3 Å². The summed E-state index contributed by atoms with van der Waals surface area (Å²) in [5, 5.41) is 8.85. The quantitative estimate of drug-likeness (QED) is 0.758. The van der Waals surface area contributed by atoms with E-state index in [1.165, 1.54) is 4.90 Å². The number of carbonyl (C=O) groups excluding carboxylic acids is 2. The van der Waals surface area contributed by atoms with Crippen LogP contribution in [0.3, 0.4) is 0 Å². The van der Waals surface area contributed by atoms with E-state index in [1.54, 1.807) is 30.3 Å². The SMILES string of the molecule is Cc1cc(C)cc(N(CCC#N)C(=O)COC(=O)c2ccccc2)c1. The maximum absolute atomic E-state index is 12.5. The van der Waals surface area contributed by atoms with E-state index < -0.39 is 5.97 Å². The van der Waals surface area contributed by atoms with Gasteiger partial charge in [-0.15, -0.1) is 0 Å². The Hall–Kier alpha value is -3.13. The van der Waals surface area contributed by atoms with Crippen molar-refractivity contribution >= 4 is 17.6 Å². The number of esters is 1. The van der Waals surface area contributed by atoms with Gasteiger partial charge in [0.1, 0.15) is 0 Å². The Labute approximate surface area is 147 Å². The first kappa shape index (κ1) is 18.2. The summed E-state index contributed by atoms with van der Waals surface area (Å²) >= 11 is 0. The summed E-state index contributed by atoms with van der Waals surface area (Å²) in [5.74, 6) is -0.904. The Morgan fingerprint density at radius 3 is 2.32 bits per heavy atom. The summed E-state index contributed by atoms with van der Waals surface area (Å²) in [5.41, 5.74) is 3.14. The van der Waals surface area contributed by atoms with Crippen LogP contribution in [0.5, 0.6) is 0 Å². The molecule has 0 fully saturated rings. The van der Waals surface area contributed by atoms with Gasteiger partial charge in [0.15, 0.2) is 6.61 Å². The number of hydrogen-bond donors (Lipinski definition) is 0. The van der Waals surface area contributed by atoms with Crippen molar-refractivity contribution in [1.82, 2.24) is 0 Å². The third-order valence-corrected chi connectivity index (χ3v) is 3.60. The van der Waals surface area contributed by atoms with Crippen LogP contribution in [-0.2, 0) is 9.53 Å². The van der Waals surface area contributed by atoms with Crippen molar-refractivity contribution in [3.63, 3.8) is 0 Å². The van der Waals surface area contributed by atoms with E-state index >= 15 is 0 Å². The average Bonchev–Trinajstić information content (AvgIpc) is 2.60. The fourth-order valence-electron chi connectivity index (χ4n) is 2.53. The molecule has 0 bridgehead atoms. The molecule has 5 heteroatoms. The van der Waals surface area contributed by atoms with Crippen LogP contribution in [0.1, 0.15) is 27.9 Å². The summed E-state index contributed by atoms with van der Waals surface area (Å²) in [7, 11) is 0. The first-order valence-corrected chi connectivity index (χ1v) is 7.99. The number of ether oxygens (including phenoxy) is 1. The van der Waals surface area contributed by atoms with Gasteiger partial charge in [0.25, 0.3) is 5.91 Å². The van der Waals surface area contributed by atoms with Gasteiger partial charge < -0.3 is 9.64 Å². The molecule has 0 heterocycles. The highest BCUT2D eigenvalue weighted by molar-refractivity contribution is 5.97. The molecule has 1 amide bonds. The van der Waals surface area contributed by atoms with E-state index in [4.69, 9.17) is 10.00 Å². The van der Waals surface area contributed by atoms with Crippen molar-refractivity contribution in [2.75, 3.05) is 18.1 Å². The second-order valence-electron chi connectivity index (χ2n) is 5.74. The van der Waals surface area contributed by atoms with E-state index in [9.17, 15) is 9.59 Å². The van der Waals surface area contributed by atoms with Crippen molar-refractivity contribution in [2.24, 2.45) is 0 Å². The predicted octanol–water partition coefficient (Wildman–Crippen LogP) is 3.41. The number of rotatable bonds is 6. The largest absolute Gasteiger partial charge is 0.452 e. The van der Waals surface area contributed by atoms with Crippen LogP contribution in [0.4, 0.5) is 5.69 Å². The average molecular weight is 336 g/mol. The molecular formula is C20H20N2O3. The lowest BCUT2D eigenvalue weighted by Gasteiger charge is -2.22. The van der Waals surface area contributed by atoms with Gasteiger partial charge in [-0.3, -0.25) is 4.79 Å². The zero-order valence-corrected chi connectivity index (χ0v) is 14.4. The van der Waals surface area contributed by atoms with Gasteiger partial charge in [-0.25, -0.2) is 4.79 Å². The minimum absolute atomic E-state index is 0.200. The first-order valence-electron chi connectivity index (χ1n) is 7.99. The van der Waals surface area contributed by atoms with Crippen LogP contribution in [0.25, 0.3) is 0 Å². The zero-order valence-electron chi connectivity index (χ0n) is 14.4. The lowest BCUT2D eigenvalue weighted by molar-refractivity contribution is -0.121. The summed E-state index contributed by atoms with van der Waals surface area (Å²) in [4.78, 5) is 26.0. The van der Waals surface area contributed by atoms with Crippen molar-refractivity contribution in [3.8, 4) is 6.07 Å². The van der Waals surface area contributed by atoms with Gasteiger partial charge in [-0.1, -0.05) is 24.3 Å². The second kappa shape index (κ2) is 8.65. The number of nitrogens with zero attached hydrogens (tertiary/aromatic N) is 2. The molecule has 0 spiro atoms. The molecule has 0 aliphatic rings. The molecule has 2 rings (SSSR count). The number of benzene rings is 2. The van der Waals surface area contributed by atoms with Gasteiger partial charge in [0.05, 0.1) is 18.1 Å². The van der Waals surface area contributed by atoms with E-state index in [0.717, 1.165) is 11.1 Å². The van der Waals surface area contributed by atoms with Crippen LogP contribution in [-0.4, -0.2) is 25.0 Å². The molecule has 5 nitrogen and oxygen atoms in total. The number of anilines is 1. The summed E-state index contributed by atoms with van der Waals surface area (Å²) in [6.07, 6.45) is 0.200. The Morgan fingerprint density at radius 1 is 1.08 bits per heavy atom. The Kier molecular flexibility index (Phi) is 6.30. The number of aryl methyl sites for hydroxylation is 2. The van der Waals surface area contributed by atoms with Crippen molar-refractivity contribution in [1.29, 1.82) is 5.26 Å². The van der Waals surface area contributed by atoms with E-state index in [-0.39, 0.29) is 25.5 Å². The maximum atomic E-state index is 12.5. The highest BCUT2D eigenvalue weighted by Crippen LogP contribution is 2.19. The lowest BCUT2D eigenvalue weighted by Crippen LogP contribution is -2.35. The van der Waals surface area contributed by atoms with E-state index in [2.05, 4.69) is 0 Å². The third-order valence-electron chi connectivity index (χ3n) is 3.60. The number of nitriles is 1. The van der Waals surface area contributed by atoms with Gasteiger partial charge in [0.2, 0.25) is 0 Å². The number of amides is 1. The van der Waals surface area contributed by atoms with Crippen LogP contribution in [0.2, 0.25) is 0 Å². The predicted molar refractivity (Wildman–Crippen MR) is 95.2 cm³/mol. The van der Waals surface area contributed by atoms with Crippen LogP contribution in [0, 0.1) is 25.2 Å². The molecule has 2 aromatic carbocycles.